The Labute approximate surface area is 192 Å². The number of amides is 3. The highest BCUT2D eigenvalue weighted by molar-refractivity contribution is 6.31. The summed E-state index contributed by atoms with van der Waals surface area (Å²) < 4.78 is 10.3. The molecule has 0 saturated heterocycles. The van der Waals surface area contributed by atoms with Gasteiger partial charge in [-0.15, -0.1) is 0 Å². The second-order valence-corrected chi connectivity index (χ2v) is 7.95. The molecular formula is C23H28ClN3O5. The Morgan fingerprint density at radius 3 is 2.25 bits per heavy atom. The highest BCUT2D eigenvalue weighted by Gasteiger charge is 2.28. The van der Waals surface area contributed by atoms with Crippen molar-refractivity contribution in [3.8, 4) is 11.5 Å². The molecule has 2 aromatic rings. The summed E-state index contributed by atoms with van der Waals surface area (Å²) in [5.41, 5.74) is 0.803. The van der Waals surface area contributed by atoms with Gasteiger partial charge in [0.15, 0.2) is 0 Å². The van der Waals surface area contributed by atoms with Gasteiger partial charge in [-0.25, -0.2) is 0 Å². The molecule has 0 aromatic heterocycles. The quantitative estimate of drug-likeness (QED) is 0.597. The predicted octanol–water partition coefficient (Wildman–Crippen LogP) is 3.21. The van der Waals surface area contributed by atoms with E-state index in [1.807, 2.05) is 13.8 Å². The summed E-state index contributed by atoms with van der Waals surface area (Å²) in [7, 11) is 4.52. The van der Waals surface area contributed by atoms with E-state index in [4.69, 9.17) is 21.1 Å². The smallest absolute Gasteiger partial charge is 0.251 e. The molecule has 2 N–H and O–H groups in total. The van der Waals surface area contributed by atoms with Crippen molar-refractivity contribution in [2.24, 2.45) is 5.92 Å². The van der Waals surface area contributed by atoms with Crippen LogP contribution in [0.4, 0.5) is 5.69 Å². The molecule has 2 aromatic carbocycles. The number of rotatable bonds is 9. The van der Waals surface area contributed by atoms with Crippen molar-refractivity contribution in [2.75, 3.05) is 33.1 Å². The van der Waals surface area contributed by atoms with Gasteiger partial charge in [0, 0.05) is 17.6 Å². The van der Waals surface area contributed by atoms with Crippen LogP contribution in [0.1, 0.15) is 24.2 Å². The summed E-state index contributed by atoms with van der Waals surface area (Å²) in [6.45, 7) is 3.43. The number of nitrogens with zero attached hydrogens (tertiary/aromatic N) is 1. The number of halogens is 1. The maximum Gasteiger partial charge on any atom is 0.251 e. The highest BCUT2D eigenvalue weighted by Crippen LogP contribution is 2.27. The van der Waals surface area contributed by atoms with Gasteiger partial charge >= 0.3 is 0 Å². The van der Waals surface area contributed by atoms with Gasteiger partial charge in [-0.1, -0.05) is 25.4 Å². The fourth-order valence-corrected chi connectivity index (χ4v) is 3.15. The molecule has 0 saturated carbocycles. The molecular weight excluding hydrogens is 434 g/mol. The average Bonchev–Trinajstić information content (AvgIpc) is 2.76. The second kappa shape index (κ2) is 11.4. The Bertz CT molecular complexity index is 963. The molecule has 0 spiro atoms. The Kier molecular flexibility index (Phi) is 8.90. The first-order chi connectivity index (χ1) is 15.2. The lowest BCUT2D eigenvalue weighted by Gasteiger charge is -2.27. The van der Waals surface area contributed by atoms with Crippen LogP contribution in [0.2, 0.25) is 5.02 Å². The minimum absolute atomic E-state index is 0.191. The molecule has 1 atom stereocenters. The van der Waals surface area contributed by atoms with Gasteiger partial charge in [-0.3, -0.25) is 14.4 Å². The average molecular weight is 462 g/mol. The minimum atomic E-state index is -0.803. The number of ether oxygens (including phenoxy) is 2. The summed E-state index contributed by atoms with van der Waals surface area (Å²) in [6, 6.07) is 10.6. The summed E-state index contributed by atoms with van der Waals surface area (Å²) in [5.74, 6) is -0.311. The highest BCUT2D eigenvalue weighted by atomic mass is 35.5. The van der Waals surface area contributed by atoms with E-state index < -0.39 is 11.9 Å². The number of methoxy groups -OCH3 is 2. The second-order valence-electron chi connectivity index (χ2n) is 7.51. The summed E-state index contributed by atoms with van der Waals surface area (Å²) in [6.07, 6.45) is 0. The normalized spacial score (nSPS) is 11.5. The molecule has 0 bridgehead atoms. The van der Waals surface area contributed by atoms with E-state index in [1.54, 1.807) is 42.5 Å². The SMILES string of the molecule is COc1ccc(C(=O)NC(C(=O)N(C)CC(=O)Nc2cc(Cl)ccc2OC)C(C)C)cc1. The lowest BCUT2D eigenvalue weighted by Crippen LogP contribution is -2.51. The van der Waals surface area contributed by atoms with E-state index in [2.05, 4.69) is 10.6 Å². The van der Waals surface area contributed by atoms with Crippen molar-refractivity contribution in [3.63, 3.8) is 0 Å². The first-order valence-electron chi connectivity index (χ1n) is 9.99. The molecule has 32 heavy (non-hydrogen) atoms. The Morgan fingerprint density at radius 2 is 1.69 bits per heavy atom. The molecule has 9 heteroatoms. The third kappa shape index (κ3) is 6.62. The van der Waals surface area contributed by atoms with E-state index in [-0.39, 0.29) is 24.3 Å². The van der Waals surface area contributed by atoms with E-state index in [0.717, 1.165) is 0 Å². The molecule has 3 amide bonds. The maximum absolute atomic E-state index is 13.0. The summed E-state index contributed by atoms with van der Waals surface area (Å²) in [4.78, 5) is 39.4. The van der Waals surface area contributed by atoms with Crippen molar-refractivity contribution in [3.05, 3.63) is 53.1 Å². The molecule has 0 radical (unpaired) electrons. The lowest BCUT2D eigenvalue weighted by molar-refractivity contribution is -0.135. The minimum Gasteiger partial charge on any atom is -0.497 e. The molecule has 8 nitrogen and oxygen atoms in total. The van der Waals surface area contributed by atoms with Crippen LogP contribution in [0.5, 0.6) is 11.5 Å². The number of carbonyl (C=O) groups excluding carboxylic acids is 3. The van der Waals surface area contributed by atoms with Crippen LogP contribution in [-0.4, -0.2) is 56.5 Å². The Balaban J connectivity index is 2.04. The van der Waals surface area contributed by atoms with Crippen LogP contribution >= 0.6 is 11.6 Å². The molecule has 0 aliphatic heterocycles. The molecule has 1 unspecified atom stereocenters. The molecule has 0 heterocycles. The van der Waals surface area contributed by atoms with Crippen LogP contribution in [0.15, 0.2) is 42.5 Å². The zero-order valence-corrected chi connectivity index (χ0v) is 19.5. The monoisotopic (exact) mass is 461 g/mol. The van der Waals surface area contributed by atoms with Crippen LogP contribution in [0.25, 0.3) is 0 Å². The van der Waals surface area contributed by atoms with Crippen molar-refractivity contribution in [1.82, 2.24) is 10.2 Å². The molecule has 0 aliphatic rings. The Morgan fingerprint density at radius 1 is 1.03 bits per heavy atom. The van der Waals surface area contributed by atoms with Gasteiger partial charge in [0.2, 0.25) is 11.8 Å². The van der Waals surface area contributed by atoms with E-state index in [9.17, 15) is 14.4 Å². The maximum atomic E-state index is 13.0. The number of carbonyl (C=O) groups is 3. The van der Waals surface area contributed by atoms with E-state index >= 15 is 0 Å². The first kappa shape index (κ1) is 25.0. The van der Waals surface area contributed by atoms with Crippen molar-refractivity contribution in [1.29, 1.82) is 0 Å². The van der Waals surface area contributed by atoms with Crippen LogP contribution in [-0.2, 0) is 9.59 Å². The zero-order chi connectivity index (χ0) is 23.8. The van der Waals surface area contributed by atoms with E-state index in [0.29, 0.717) is 27.8 Å². The molecule has 2 rings (SSSR count). The lowest BCUT2D eigenvalue weighted by atomic mass is 10.0. The van der Waals surface area contributed by atoms with Crippen molar-refractivity contribution >= 4 is 35.0 Å². The predicted molar refractivity (Wildman–Crippen MR) is 123 cm³/mol. The van der Waals surface area contributed by atoms with Gasteiger partial charge in [-0.2, -0.15) is 0 Å². The van der Waals surface area contributed by atoms with Gasteiger partial charge in [-0.05, 0) is 48.4 Å². The standard InChI is InChI=1S/C23H28ClN3O5/c1-14(2)21(26-22(29)15-6-9-17(31-4)10-7-15)23(30)27(3)13-20(28)25-18-12-16(24)8-11-19(18)32-5/h6-12,14,21H,13H2,1-5H3,(H,25,28)(H,26,29). The third-order valence-electron chi connectivity index (χ3n) is 4.76. The fourth-order valence-electron chi connectivity index (χ4n) is 2.98. The zero-order valence-electron chi connectivity index (χ0n) is 18.8. The van der Waals surface area contributed by atoms with Crippen LogP contribution < -0.4 is 20.1 Å². The van der Waals surface area contributed by atoms with Gasteiger partial charge in [0.05, 0.1) is 26.5 Å². The van der Waals surface area contributed by atoms with Crippen molar-refractivity contribution in [2.45, 2.75) is 19.9 Å². The first-order valence-corrected chi connectivity index (χ1v) is 10.4. The number of likely N-dealkylation sites (N-methyl/N-ethyl adjacent to an activating group) is 1. The number of anilines is 1. The fraction of sp³-hybridized carbons (Fsp3) is 0.348. The number of benzene rings is 2. The number of nitrogens with one attached hydrogen (secondary N) is 2. The van der Waals surface area contributed by atoms with E-state index in [1.165, 1.54) is 26.2 Å². The van der Waals surface area contributed by atoms with Crippen LogP contribution in [0, 0.1) is 5.92 Å². The third-order valence-corrected chi connectivity index (χ3v) is 5.00. The Hall–Kier alpha value is -3.26. The number of hydrogen-bond acceptors (Lipinski definition) is 5. The largest absolute Gasteiger partial charge is 0.497 e. The number of hydrogen-bond donors (Lipinski definition) is 2. The molecule has 0 fully saturated rings. The summed E-state index contributed by atoms with van der Waals surface area (Å²) in [5, 5.41) is 5.89. The topological polar surface area (TPSA) is 97.0 Å². The van der Waals surface area contributed by atoms with Gasteiger partial charge in [0.25, 0.3) is 5.91 Å². The van der Waals surface area contributed by atoms with Crippen LogP contribution in [0.3, 0.4) is 0 Å². The van der Waals surface area contributed by atoms with Gasteiger partial charge in [0.1, 0.15) is 17.5 Å². The van der Waals surface area contributed by atoms with Crippen molar-refractivity contribution < 1.29 is 23.9 Å². The van der Waals surface area contributed by atoms with Gasteiger partial charge < -0.3 is 25.0 Å². The molecule has 172 valence electrons. The molecule has 0 aliphatic carbocycles. The summed E-state index contributed by atoms with van der Waals surface area (Å²) >= 11 is 5.99.